The van der Waals surface area contributed by atoms with Gasteiger partial charge in [-0.3, -0.25) is 13.9 Å². The first-order valence-electron chi connectivity index (χ1n) is 14.2. The lowest BCUT2D eigenvalue weighted by Crippen LogP contribution is -2.53. The minimum atomic E-state index is -4.27. The minimum absolute atomic E-state index is 0.00654. The number of rotatable bonds is 14. The van der Waals surface area contributed by atoms with Crippen molar-refractivity contribution in [2.45, 2.75) is 64.1 Å². The van der Waals surface area contributed by atoms with Gasteiger partial charge in [-0.1, -0.05) is 60.8 Å². The number of sulfonamides is 1. The average Bonchev–Trinajstić information content (AvgIpc) is 3.00. The van der Waals surface area contributed by atoms with Gasteiger partial charge in [-0.2, -0.15) is 0 Å². The van der Waals surface area contributed by atoms with Crippen LogP contribution in [-0.2, 0) is 26.2 Å². The van der Waals surface area contributed by atoms with E-state index in [-0.39, 0.29) is 41.2 Å². The summed E-state index contributed by atoms with van der Waals surface area (Å²) >= 11 is 13.0. The van der Waals surface area contributed by atoms with Crippen molar-refractivity contribution >= 4 is 50.7 Å². The first-order chi connectivity index (χ1) is 20.9. The van der Waals surface area contributed by atoms with Crippen molar-refractivity contribution in [1.82, 2.24) is 10.2 Å². The van der Waals surface area contributed by atoms with Crippen molar-refractivity contribution in [3.8, 4) is 11.5 Å². The molecule has 0 heterocycles. The third-order valence-electron chi connectivity index (χ3n) is 7.32. The van der Waals surface area contributed by atoms with Gasteiger partial charge >= 0.3 is 0 Å². The SMILES string of the molecule is CC[C@@H](C)NC(=O)[C@H](CC)N(Cc1c(Cl)cccc1Cl)C(=O)CN(c1ccc(OC)c(OC)c1)S(=O)(=O)c1ccc(C)cc1. The second-order valence-corrected chi connectivity index (χ2v) is 13.0. The highest BCUT2D eigenvalue weighted by atomic mass is 35.5. The lowest BCUT2D eigenvalue weighted by atomic mass is 10.1. The first-order valence-corrected chi connectivity index (χ1v) is 16.4. The maximum absolute atomic E-state index is 14.3. The summed E-state index contributed by atoms with van der Waals surface area (Å²) in [6.07, 6.45) is 0.950. The number of aryl methyl sites for hydroxylation is 1. The molecular formula is C32H39Cl2N3O6S. The third kappa shape index (κ3) is 8.16. The second-order valence-electron chi connectivity index (χ2n) is 10.3. The van der Waals surface area contributed by atoms with E-state index in [0.29, 0.717) is 27.8 Å². The van der Waals surface area contributed by atoms with Gasteiger partial charge in [-0.15, -0.1) is 0 Å². The van der Waals surface area contributed by atoms with E-state index < -0.39 is 28.5 Å². The number of hydrogen-bond acceptors (Lipinski definition) is 6. The fraction of sp³-hybridized carbons (Fsp3) is 0.375. The molecule has 0 aliphatic heterocycles. The molecule has 0 unspecified atom stereocenters. The number of carbonyl (C=O) groups excluding carboxylic acids is 2. The van der Waals surface area contributed by atoms with E-state index in [0.717, 1.165) is 9.87 Å². The zero-order chi connectivity index (χ0) is 32.6. The number of ether oxygens (including phenoxy) is 2. The van der Waals surface area contributed by atoms with E-state index in [9.17, 15) is 18.0 Å². The number of nitrogens with one attached hydrogen (secondary N) is 1. The lowest BCUT2D eigenvalue weighted by molar-refractivity contribution is -0.140. The number of nitrogens with zero attached hydrogens (tertiary/aromatic N) is 2. The average molecular weight is 665 g/mol. The Morgan fingerprint density at radius 3 is 2.07 bits per heavy atom. The molecule has 0 radical (unpaired) electrons. The van der Waals surface area contributed by atoms with Gasteiger partial charge in [0, 0.05) is 34.3 Å². The van der Waals surface area contributed by atoms with Crippen LogP contribution < -0.4 is 19.1 Å². The Hall–Kier alpha value is -3.47. The molecule has 0 aromatic heterocycles. The minimum Gasteiger partial charge on any atom is -0.493 e. The van der Waals surface area contributed by atoms with Crippen LogP contribution in [0.5, 0.6) is 11.5 Å². The van der Waals surface area contributed by atoms with Crippen LogP contribution in [0.25, 0.3) is 0 Å². The quantitative estimate of drug-likeness (QED) is 0.219. The van der Waals surface area contributed by atoms with E-state index in [1.165, 1.54) is 43.4 Å². The van der Waals surface area contributed by atoms with E-state index in [4.69, 9.17) is 32.7 Å². The zero-order valence-corrected chi connectivity index (χ0v) is 28.1. The first kappa shape index (κ1) is 35.0. The number of anilines is 1. The highest BCUT2D eigenvalue weighted by Gasteiger charge is 2.35. The van der Waals surface area contributed by atoms with Gasteiger partial charge in [-0.05, 0) is 63.1 Å². The molecule has 0 spiro atoms. The third-order valence-corrected chi connectivity index (χ3v) is 9.82. The molecule has 3 aromatic rings. The summed E-state index contributed by atoms with van der Waals surface area (Å²) in [5.74, 6) is -0.325. The lowest BCUT2D eigenvalue weighted by Gasteiger charge is -2.34. The molecule has 0 saturated heterocycles. The molecule has 9 nitrogen and oxygen atoms in total. The summed E-state index contributed by atoms with van der Waals surface area (Å²) in [6.45, 7) is 6.70. The number of halogens is 2. The van der Waals surface area contributed by atoms with Gasteiger partial charge in [0.15, 0.2) is 11.5 Å². The maximum atomic E-state index is 14.3. The molecular weight excluding hydrogens is 625 g/mol. The van der Waals surface area contributed by atoms with Crippen LogP contribution >= 0.6 is 23.2 Å². The Bertz CT molecular complexity index is 1550. The Labute approximate surface area is 270 Å². The number of carbonyl (C=O) groups is 2. The summed E-state index contributed by atoms with van der Waals surface area (Å²) < 4.78 is 40.1. The molecule has 1 N–H and O–H groups in total. The fourth-order valence-electron chi connectivity index (χ4n) is 4.56. The van der Waals surface area contributed by atoms with Crippen molar-refractivity contribution in [3.63, 3.8) is 0 Å². The molecule has 0 aliphatic rings. The molecule has 12 heteroatoms. The Morgan fingerprint density at radius 2 is 1.52 bits per heavy atom. The van der Waals surface area contributed by atoms with Gasteiger partial charge in [0.05, 0.1) is 24.8 Å². The van der Waals surface area contributed by atoms with Crippen LogP contribution in [0.4, 0.5) is 5.69 Å². The molecule has 2 atom stereocenters. The van der Waals surface area contributed by atoms with E-state index in [2.05, 4.69) is 5.32 Å². The molecule has 0 bridgehead atoms. The van der Waals surface area contributed by atoms with Gasteiger partial charge < -0.3 is 19.7 Å². The highest BCUT2D eigenvalue weighted by Crippen LogP contribution is 2.34. The van der Waals surface area contributed by atoms with Crippen molar-refractivity contribution in [2.24, 2.45) is 0 Å². The van der Waals surface area contributed by atoms with Crippen molar-refractivity contribution < 1.29 is 27.5 Å². The van der Waals surface area contributed by atoms with Crippen LogP contribution in [0.15, 0.2) is 65.6 Å². The zero-order valence-electron chi connectivity index (χ0n) is 25.8. The van der Waals surface area contributed by atoms with Crippen LogP contribution in [0.3, 0.4) is 0 Å². The van der Waals surface area contributed by atoms with Crippen molar-refractivity contribution in [1.29, 1.82) is 0 Å². The van der Waals surface area contributed by atoms with Gasteiger partial charge in [0.25, 0.3) is 10.0 Å². The van der Waals surface area contributed by atoms with Crippen LogP contribution in [0.2, 0.25) is 10.0 Å². The normalized spacial score (nSPS) is 12.6. The number of benzene rings is 3. The van der Waals surface area contributed by atoms with Crippen molar-refractivity contribution in [3.05, 3.63) is 81.8 Å². The molecule has 0 aliphatic carbocycles. The van der Waals surface area contributed by atoms with Gasteiger partial charge in [-0.25, -0.2) is 8.42 Å². The van der Waals surface area contributed by atoms with E-state index >= 15 is 0 Å². The predicted molar refractivity (Wildman–Crippen MR) is 174 cm³/mol. The predicted octanol–water partition coefficient (Wildman–Crippen LogP) is 6.24. The topological polar surface area (TPSA) is 105 Å². The molecule has 44 heavy (non-hydrogen) atoms. The molecule has 2 amide bonds. The molecule has 3 aromatic carbocycles. The van der Waals surface area contributed by atoms with Crippen molar-refractivity contribution in [2.75, 3.05) is 25.1 Å². The summed E-state index contributed by atoms with van der Waals surface area (Å²) in [4.78, 5) is 29.1. The Morgan fingerprint density at radius 1 is 0.909 bits per heavy atom. The molecule has 3 rings (SSSR count). The number of amides is 2. The summed E-state index contributed by atoms with van der Waals surface area (Å²) in [5, 5.41) is 3.58. The van der Waals surface area contributed by atoms with Crippen LogP contribution in [0, 0.1) is 6.92 Å². The van der Waals surface area contributed by atoms with Gasteiger partial charge in [0.2, 0.25) is 11.8 Å². The largest absolute Gasteiger partial charge is 0.493 e. The van der Waals surface area contributed by atoms with Crippen LogP contribution in [-0.4, -0.2) is 58.0 Å². The van der Waals surface area contributed by atoms with E-state index in [1.807, 2.05) is 20.8 Å². The van der Waals surface area contributed by atoms with E-state index in [1.54, 1.807) is 43.3 Å². The monoisotopic (exact) mass is 663 g/mol. The summed E-state index contributed by atoms with van der Waals surface area (Å²) in [6, 6.07) is 14.8. The number of hydrogen-bond donors (Lipinski definition) is 1. The smallest absolute Gasteiger partial charge is 0.264 e. The fourth-order valence-corrected chi connectivity index (χ4v) is 6.48. The molecule has 238 valence electrons. The standard InChI is InChI=1S/C32H39Cl2N3O6S/c1-7-22(4)35-32(39)28(8-2)36(19-25-26(33)10-9-11-27(25)34)31(38)20-37(23-14-17-29(42-5)30(18-23)43-6)44(40,41)24-15-12-21(3)13-16-24/h9-18,22,28H,7-8,19-20H2,1-6H3,(H,35,39)/t22-,28+/m1/s1. The van der Waals surface area contributed by atoms with Crippen LogP contribution in [0.1, 0.15) is 44.7 Å². The number of methoxy groups -OCH3 is 2. The highest BCUT2D eigenvalue weighted by molar-refractivity contribution is 7.92. The van der Waals surface area contributed by atoms with Gasteiger partial charge in [0.1, 0.15) is 12.6 Å². The maximum Gasteiger partial charge on any atom is 0.264 e. The molecule has 0 fully saturated rings. The Balaban J connectivity index is 2.16. The second kappa shape index (κ2) is 15.5. The Kier molecular flexibility index (Phi) is 12.3. The molecule has 0 saturated carbocycles. The summed E-state index contributed by atoms with van der Waals surface area (Å²) in [5.41, 5.74) is 1.49. The summed E-state index contributed by atoms with van der Waals surface area (Å²) in [7, 11) is -1.37.